The molecular weight excluding hydrogens is 310 g/mol. The fourth-order valence-corrected chi connectivity index (χ4v) is 3.02. The molecule has 0 radical (unpaired) electrons. The van der Waals surface area contributed by atoms with Gasteiger partial charge in [-0.05, 0) is 54.2 Å². The Hall–Kier alpha value is -2.56. The minimum Gasteiger partial charge on any atom is -0.370 e. The molecular formula is C20H27N5. The lowest BCUT2D eigenvalue weighted by atomic mass is 10.0. The number of nitrogens with zero attached hydrogens (tertiary/aromatic N) is 3. The highest BCUT2D eigenvalue weighted by atomic mass is 15.2. The van der Waals surface area contributed by atoms with Crippen molar-refractivity contribution in [3.8, 4) is 0 Å². The minimum absolute atomic E-state index is 0.431. The van der Waals surface area contributed by atoms with Crippen LogP contribution in [0.25, 0.3) is 0 Å². The van der Waals surface area contributed by atoms with Crippen LogP contribution in [0.2, 0.25) is 0 Å². The Kier molecular flexibility index (Phi) is 5.53. The maximum Gasteiger partial charge on any atom is 0.193 e. The van der Waals surface area contributed by atoms with E-state index in [0.717, 1.165) is 30.2 Å². The van der Waals surface area contributed by atoms with Gasteiger partial charge in [-0.2, -0.15) is 0 Å². The van der Waals surface area contributed by atoms with Gasteiger partial charge < -0.3 is 16.0 Å². The predicted molar refractivity (Wildman–Crippen MR) is 105 cm³/mol. The zero-order chi connectivity index (χ0) is 17.6. The van der Waals surface area contributed by atoms with Crippen molar-refractivity contribution in [3.63, 3.8) is 0 Å². The average Bonchev–Trinajstić information content (AvgIpc) is 3.15. The molecule has 3 N–H and O–H groups in total. The highest BCUT2D eigenvalue weighted by molar-refractivity contribution is 5.92. The van der Waals surface area contributed by atoms with Gasteiger partial charge in [-0.1, -0.05) is 26.0 Å². The molecule has 25 heavy (non-hydrogen) atoms. The van der Waals surface area contributed by atoms with Gasteiger partial charge in [0, 0.05) is 25.0 Å². The standard InChI is InChI=1S/C20H27N5/c1-15(2)17-6-5-7-18(13-17)24-20(21)23-14-16-8-9-22-19(12-16)25-10-3-4-11-25/h5-9,12-13,15H,3-4,10-11,14H2,1-2H3,(H3,21,23,24). The van der Waals surface area contributed by atoms with E-state index in [1.165, 1.54) is 18.4 Å². The van der Waals surface area contributed by atoms with Gasteiger partial charge in [0.25, 0.3) is 0 Å². The molecule has 0 spiro atoms. The van der Waals surface area contributed by atoms with Crippen LogP contribution in [0.3, 0.4) is 0 Å². The van der Waals surface area contributed by atoms with Crippen LogP contribution in [0.1, 0.15) is 43.7 Å². The van der Waals surface area contributed by atoms with Gasteiger partial charge in [0.15, 0.2) is 5.96 Å². The van der Waals surface area contributed by atoms with Crippen LogP contribution >= 0.6 is 0 Å². The molecule has 5 heteroatoms. The third-order valence-corrected chi connectivity index (χ3v) is 4.50. The van der Waals surface area contributed by atoms with E-state index < -0.39 is 0 Å². The molecule has 0 bridgehead atoms. The third-order valence-electron chi connectivity index (χ3n) is 4.50. The van der Waals surface area contributed by atoms with E-state index in [1.54, 1.807) is 0 Å². The summed E-state index contributed by atoms with van der Waals surface area (Å²) in [5, 5.41) is 3.18. The first-order chi connectivity index (χ1) is 12.1. The third kappa shape index (κ3) is 4.72. The minimum atomic E-state index is 0.431. The molecule has 0 atom stereocenters. The second-order valence-electron chi connectivity index (χ2n) is 6.82. The van der Waals surface area contributed by atoms with Crippen molar-refractivity contribution in [2.45, 2.75) is 39.2 Å². The topological polar surface area (TPSA) is 66.5 Å². The number of benzene rings is 1. The molecule has 5 nitrogen and oxygen atoms in total. The summed E-state index contributed by atoms with van der Waals surface area (Å²) >= 11 is 0. The molecule has 0 unspecified atom stereocenters. The summed E-state index contributed by atoms with van der Waals surface area (Å²) < 4.78 is 0. The van der Waals surface area contributed by atoms with Gasteiger partial charge in [0.1, 0.15) is 5.82 Å². The summed E-state index contributed by atoms with van der Waals surface area (Å²) in [4.78, 5) is 11.3. The number of pyridine rings is 1. The summed E-state index contributed by atoms with van der Waals surface area (Å²) in [6, 6.07) is 12.4. The fraction of sp³-hybridized carbons (Fsp3) is 0.400. The average molecular weight is 337 g/mol. The first kappa shape index (κ1) is 17.3. The number of hydrogen-bond donors (Lipinski definition) is 2. The zero-order valence-corrected chi connectivity index (χ0v) is 15.1. The largest absolute Gasteiger partial charge is 0.370 e. The van der Waals surface area contributed by atoms with Crippen LogP contribution in [0.4, 0.5) is 11.5 Å². The number of aliphatic imine (C=N–C) groups is 1. The van der Waals surface area contributed by atoms with Crippen molar-refractivity contribution in [1.29, 1.82) is 0 Å². The van der Waals surface area contributed by atoms with Crippen LogP contribution in [-0.4, -0.2) is 24.0 Å². The molecule has 2 heterocycles. The molecule has 1 aromatic carbocycles. The molecule has 2 aromatic rings. The summed E-state index contributed by atoms with van der Waals surface area (Å²) in [5.41, 5.74) is 9.43. The van der Waals surface area contributed by atoms with Crippen LogP contribution < -0.4 is 16.0 Å². The van der Waals surface area contributed by atoms with Crippen molar-refractivity contribution in [2.24, 2.45) is 10.7 Å². The smallest absolute Gasteiger partial charge is 0.193 e. The number of hydrogen-bond acceptors (Lipinski definition) is 3. The van der Waals surface area contributed by atoms with Gasteiger partial charge in [0.2, 0.25) is 0 Å². The zero-order valence-electron chi connectivity index (χ0n) is 15.1. The van der Waals surface area contributed by atoms with Gasteiger partial charge in [-0.25, -0.2) is 9.98 Å². The Bertz CT molecular complexity index is 732. The number of guanidine groups is 1. The first-order valence-corrected chi connectivity index (χ1v) is 8.98. The number of rotatable bonds is 5. The predicted octanol–water partition coefficient (Wildman–Crippen LogP) is 3.73. The Morgan fingerprint density at radius 3 is 2.80 bits per heavy atom. The maximum absolute atomic E-state index is 6.05. The summed E-state index contributed by atoms with van der Waals surface area (Å²) in [5.74, 6) is 1.96. The SMILES string of the molecule is CC(C)c1cccc(NC(N)=NCc2ccnc(N3CCCC3)c2)c1. The van der Waals surface area contributed by atoms with E-state index in [-0.39, 0.29) is 0 Å². The monoisotopic (exact) mass is 337 g/mol. The summed E-state index contributed by atoms with van der Waals surface area (Å²) in [6.45, 7) is 7.09. The molecule has 1 saturated heterocycles. The van der Waals surface area contributed by atoms with Crippen molar-refractivity contribution in [3.05, 3.63) is 53.7 Å². The second-order valence-corrected chi connectivity index (χ2v) is 6.82. The van der Waals surface area contributed by atoms with Crippen molar-refractivity contribution < 1.29 is 0 Å². The Morgan fingerprint density at radius 2 is 2.04 bits per heavy atom. The fourth-order valence-electron chi connectivity index (χ4n) is 3.02. The molecule has 3 rings (SSSR count). The Labute approximate surface area is 150 Å². The van der Waals surface area contributed by atoms with Crippen molar-refractivity contribution >= 4 is 17.5 Å². The lowest BCUT2D eigenvalue weighted by Crippen LogP contribution is -2.22. The molecule has 0 saturated carbocycles. The van der Waals surface area contributed by atoms with Gasteiger partial charge >= 0.3 is 0 Å². The van der Waals surface area contributed by atoms with E-state index in [9.17, 15) is 0 Å². The molecule has 0 amide bonds. The van der Waals surface area contributed by atoms with Crippen molar-refractivity contribution in [2.75, 3.05) is 23.3 Å². The van der Waals surface area contributed by atoms with Gasteiger partial charge in [-0.15, -0.1) is 0 Å². The van der Waals surface area contributed by atoms with E-state index in [0.29, 0.717) is 18.4 Å². The van der Waals surface area contributed by atoms with Crippen molar-refractivity contribution in [1.82, 2.24) is 4.98 Å². The number of aromatic nitrogens is 1. The van der Waals surface area contributed by atoms with E-state index in [2.05, 4.69) is 52.2 Å². The van der Waals surface area contributed by atoms with Gasteiger partial charge in [-0.3, -0.25) is 0 Å². The quantitative estimate of drug-likeness (QED) is 0.644. The lowest BCUT2D eigenvalue weighted by Gasteiger charge is -2.16. The molecule has 1 aliphatic heterocycles. The highest BCUT2D eigenvalue weighted by Gasteiger charge is 2.13. The Morgan fingerprint density at radius 1 is 1.24 bits per heavy atom. The lowest BCUT2D eigenvalue weighted by molar-refractivity contribution is 0.867. The second kappa shape index (κ2) is 8.01. The van der Waals surface area contributed by atoms with Crippen LogP contribution in [-0.2, 0) is 6.54 Å². The maximum atomic E-state index is 6.05. The van der Waals surface area contributed by atoms with Gasteiger partial charge in [0.05, 0.1) is 6.54 Å². The number of anilines is 2. The molecule has 1 aromatic heterocycles. The van der Waals surface area contributed by atoms with Crippen LogP contribution in [0.15, 0.2) is 47.6 Å². The summed E-state index contributed by atoms with van der Waals surface area (Å²) in [6.07, 6.45) is 4.35. The van der Waals surface area contributed by atoms with E-state index >= 15 is 0 Å². The van der Waals surface area contributed by atoms with E-state index in [1.807, 2.05) is 24.4 Å². The number of nitrogens with one attached hydrogen (secondary N) is 1. The molecule has 1 aliphatic rings. The summed E-state index contributed by atoms with van der Waals surface area (Å²) in [7, 11) is 0. The molecule has 0 aliphatic carbocycles. The first-order valence-electron chi connectivity index (χ1n) is 8.98. The molecule has 1 fully saturated rings. The Balaban J connectivity index is 1.63. The van der Waals surface area contributed by atoms with E-state index in [4.69, 9.17) is 5.73 Å². The van der Waals surface area contributed by atoms with Crippen LogP contribution in [0.5, 0.6) is 0 Å². The molecule has 132 valence electrons. The highest BCUT2D eigenvalue weighted by Crippen LogP contribution is 2.20. The normalized spacial score (nSPS) is 15.0. The number of nitrogens with two attached hydrogens (primary N) is 1. The van der Waals surface area contributed by atoms with Crippen LogP contribution in [0, 0.1) is 0 Å².